The predicted octanol–water partition coefficient (Wildman–Crippen LogP) is -0.682. The second-order valence-electron chi connectivity index (χ2n) is 2.81. The Balaban J connectivity index is 4.10. The zero-order valence-electron chi connectivity index (χ0n) is 8.69. The lowest BCUT2D eigenvalue weighted by atomic mass is 10.3. The number of carboxylic acids is 1. The van der Waals surface area contributed by atoms with Crippen LogP contribution in [0.4, 0.5) is 0 Å². The van der Waals surface area contributed by atoms with E-state index in [1.807, 2.05) is 0 Å². The van der Waals surface area contributed by atoms with Crippen LogP contribution in [0.25, 0.3) is 0 Å². The molecule has 2 unspecified atom stereocenters. The second-order valence-corrected chi connectivity index (χ2v) is 4.26. The van der Waals surface area contributed by atoms with Crippen molar-refractivity contribution in [3.8, 4) is 0 Å². The molecule has 0 aliphatic rings. The average molecular weight is 237 g/mol. The fourth-order valence-corrected chi connectivity index (χ4v) is 1.88. The molecule has 0 aromatic heterocycles. The molecule has 1 amide bonds. The topological polar surface area (TPSA) is 92.7 Å². The van der Waals surface area contributed by atoms with Crippen LogP contribution in [-0.2, 0) is 25.1 Å². The van der Waals surface area contributed by atoms with E-state index < -0.39 is 28.7 Å². The van der Waals surface area contributed by atoms with E-state index >= 15 is 0 Å². The largest absolute Gasteiger partial charge is 0.480 e. The monoisotopic (exact) mass is 237 g/mol. The van der Waals surface area contributed by atoms with Gasteiger partial charge in [-0.3, -0.25) is 9.00 Å². The lowest BCUT2D eigenvalue weighted by Gasteiger charge is -2.12. The smallest absolute Gasteiger partial charge is 0.327 e. The first-order valence-corrected chi connectivity index (χ1v) is 5.88. The van der Waals surface area contributed by atoms with Crippen LogP contribution in [0.15, 0.2) is 0 Å². The van der Waals surface area contributed by atoms with Crippen LogP contribution in [0, 0.1) is 0 Å². The molecule has 0 bridgehead atoms. The minimum atomic E-state index is -1.40. The lowest BCUT2D eigenvalue weighted by molar-refractivity contribution is -0.140. The highest BCUT2D eigenvalue weighted by Crippen LogP contribution is 1.92. The molecule has 0 fully saturated rings. The molecule has 0 rings (SSSR count). The van der Waals surface area contributed by atoms with Crippen LogP contribution in [0.5, 0.6) is 0 Å². The van der Waals surface area contributed by atoms with E-state index in [1.165, 1.54) is 6.92 Å². The van der Waals surface area contributed by atoms with Crippen molar-refractivity contribution in [3.05, 3.63) is 0 Å². The summed E-state index contributed by atoms with van der Waals surface area (Å²) in [6.07, 6.45) is 0. The Morgan fingerprint density at radius 1 is 1.53 bits per heavy atom. The van der Waals surface area contributed by atoms with Crippen LogP contribution in [0.2, 0.25) is 0 Å². The van der Waals surface area contributed by atoms with Gasteiger partial charge < -0.3 is 15.2 Å². The van der Waals surface area contributed by atoms with Crippen LogP contribution >= 0.6 is 0 Å². The minimum absolute atomic E-state index is 0.0140. The lowest BCUT2D eigenvalue weighted by Crippen LogP contribution is -2.43. The summed E-state index contributed by atoms with van der Waals surface area (Å²) in [5.41, 5.74) is 0. The zero-order chi connectivity index (χ0) is 11.8. The SMILES string of the molecule is CCOCS(=O)CC(NC(C)=O)C(=O)O. The van der Waals surface area contributed by atoms with Gasteiger partial charge in [0.15, 0.2) is 0 Å². The number of nitrogens with one attached hydrogen (secondary N) is 1. The Morgan fingerprint density at radius 3 is 2.53 bits per heavy atom. The van der Waals surface area contributed by atoms with E-state index in [-0.39, 0.29) is 11.7 Å². The minimum Gasteiger partial charge on any atom is -0.480 e. The molecule has 0 spiro atoms. The van der Waals surface area contributed by atoms with Crippen LogP contribution in [0.3, 0.4) is 0 Å². The molecule has 2 N–H and O–H groups in total. The summed E-state index contributed by atoms with van der Waals surface area (Å²) in [7, 11) is -1.40. The average Bonchev–Trinajstić information content (AvgIpc) is 2.12. The first-order chi connectivity index (χ1) is 6.97. The molecule has 0 aromatic rings. The summed E-state index contributed by atoms with van der Waals surface area (Å²) in [6.45, 7) is 3.38. The Morgan fingerprint density at radius 2 is 2.13 bits per heavy atom. The van der Waals surface area contributed by atoms with Crippen LogP contribution < -0.4 is 5.32 Å². The molecule has 7 heteroatoms. The third kappa shape index (κ3) is 7.03. The van der Waals surface area contributed by atoms with Crippen molar-refractivity contribution in [1.29, 1.82) is 0 Å². The van der Waals surface area contributed by atoms with Crippen molar-refractivity contribution in [1.82, 2.24) is 5.32 Å². The molecule has 15 heavy (non-hydrogen) atoms. The van der Waals surface area contributed by atoms with Crippen molar-refractivity contribution in [2.24, 2.45) is 0 Å². The molecule has 6 nitrogen and oxygen atoms in total. The van der Waals surface area contributed by atoms with Crippen molar-refractivity contribution < 1.29 is 23.6 Å². The van der Waals surface area contributed by atoms with E-state index in [1.54, 1.807) is 6.92 Å². The van der Waals surface area contributed by atoms with E-state index in [4.69, 9.17) is 9.84 Å². The highest BCUT2D eigenvalue weighted by molar-refractivity contribution is 7.84. The van der Waals surface area contributed by atoms with Gasteiger partial charge in [-0.25, -0.2) is 4.79 Å². The first kappa shape index (κ1) is 14.1. The van der Waals surface area contributed by atoms with Crippen molar-refractivity contribution in [2.45, 2.75) is 19.9 Å². The molecule has 0 saturated carbocycles. The number of rotatable bonds is 7. The van der Waals surface area contributed by atoms with E-state index in [9.17, 15) is 13.8 Å². The van der Waals surface area contributed by atoms with Crippen molar-refractivity contribution in [2.75, 3.05) is 18.3 Å². The molecule has 0 aromatic carbocycles. The molecule has 0 aliphatic carbocycles. The van der Waals surface area contributed by atoms with Gasteiger partial charge in [0.2, 0.25) is 5.91 Å². The van der Waals surface area contributed by atoms with E-state index in [2.05, 4.69) is 5.32 Å². The summed E-state index contributed by atoms with van der Waals surface area (Å²) >= 11 is 0. The van der Waals surface area contributed by atoms with Gasteiger partial charge in [0.25, 0.3) is 0 Å². The summed E-state index contributed by atoms with van der Waals surface area (Å²) in [5, 5.41) is 10.9. The van der Waals surface area contributed by atoms with Gasteiger partial charge in [-0.1, -0.05) is 0 Å². The molecule has 2 atom stereocenters. The van der Waals surface area contributed by atoms with E-state index in [0.717, 1.165) is 0 Å². The molecular weight excluding hydrogens is 222 g/mol. The number of carbonyl (C=O) groups is 2. The Kier molecular flexibility index (Phi) is 6.89. The summed E-state index contributed by atoms with van der Waals surface area (Å²) < 4.78 is 16.1. The predicted molar refractivity (Wildman–Crippen MR) is 54.7 cm³/mol. The number of carboxylic acid groups (broad SMARTS) is 1. The third-order valence-corrected chi connectivity index (χ3v) is 2.58. The zero-order valence-corrected chi connectivity index (χ0v) is 9.50. The van der Waals surface area contributed by atoms with Gasteiger partial charge in [0.05, 0.1) is 16.6 Å². The molecular formula is C8H15NO5S. The Hall–Kier alpha value is -0.950. The molecule has 0 saturated heterocycles. The molecule has 0 radical (unpaired) electrons. The van der Waals surface area contributed by atoms with E-state index in [0.29, 0.717) is 6.61 Å². The second kappa shape index (κ2) is 7.36. The Bertz CT molecular complexity index is 255. The summed E-state index contributed by atoms with van der Waals surface area (Å²) in [4.78, 5) is 21.3. The maximum atomic E-state index is 11.3. The molecule has 0 heterocycles. The van der Waals surface area contributed by atoms with Gasteiger partial charge in [-0.15, -0.1) is 0 Å². The standard InChI is InChI=1S/C8H15NO5S/c1-3-14-5-15(13)4-7(8(11)12)9-6(2)10/h7H,3-5H2,1-2H3,(H,9,10)(H,11,12). The number of amides is 1. The van der Waals surface area contributed by atoms with Gasteiger partial charge in [-0.2, -0.15) is 0 Å². The van der Waals surface area contributed by atoms with Crippen molar-refractivity contribution >= 4 is 22.7 Å². The fraction of sp³-hybridized carbons (Fsp3) is 0.750. The third-order valence-electron chi connectivity index (χ3n) is 1.45. The fourth-order valence-electron chi connectivity index (χ4n) is 0.830. The first-order valence-electron chi connectivity index (χ1n) is 4.40. The summed E-state index contributed by atoms with van der Waals surface area (Å²) in [5.74, 6) is -1.82. The Labute approximate surface area is 90.4 Å². The van der Waals surface area contributed by atoms with Crippen LogP contribution in [0.1, 0.15) is 13.8 Å². The highest BCUT2D eigenvalue weighted by atomic mass is 32.2. The van der Waals surface area contributed by atoms with Gasteiger partial charge in [0.1, 0.15) is 12.0 Å². The maximum absolute atomic E-state index is 11.3. The summed E-state index contributed by atoms with van der Waals surface area (Å²) in [6, 6.07) is -1.12. The number of ether oxygens (including phenoxy) is 1. The molecule has 88 valence electrons. The number of hydrogen-bond acceptors (Lipinski definition) is 4. The van der Waals surface area contributed by atoms with Gasteiger partial charge in [0, 0.05) is 13.5 Å². The highest BCUT2D eigenvalue weighted by Gasteiger charge is 2.20. The van der Waals surface area contributed by atoms with Crippen LogP contribution in [-0.4, -0.2) is 45.5 Å². The van der Waals surface area contributed by atoms with Gasteiger partial charge >= 0.3 is 5.97 Å². The maximum Gasteiger partial charge on any atom is 0.327 e. The number of aliphatic carboxylic acids is 1. The van der Waals surface area contributed by atoms with Crippen molar-refractivity contribution in [3.63, 3.8) is 0 Å². The quantitative estimate of drug-likeness (QED) is 0.612. The number of hydrogen-bond donors (Lipinski definition) is 2. The molecule has 0 aliphatic heterocycles. The number of carbonyl (C=O) groups excluding carboxylic acids is 1. The normalized spacial score (nSPS) is 14.3. The van der Waals surface area contributed by atoms with Gasteiger partial charge in [-0.05, 0) is 6.92 Å².